The van der Waals surface area contributed by atoms with Crippen molar-refractivity contribution in [3.05, 3.63) is 82.0 Å². The fraction of sp³-hybridized carbons (Fsp3) is 0.304. The quantitative estimate of drug-likeness (QED) is 0.568. The number of hydrogen-bond donors (Lipinski definition) is 0. The minimum Gasteiger partial charge on any atom is -0.489 e. The Kier molecular flexibility index (Phi) is 6.53. The van der Waals surface area contributed by atoms with Crippen molar-refractivity contribution in [3.8, 4) is 5.75 Å². The Bertz CT molecular complexity index is 1050. The predicted molar refractivity (Wildman–Crippen MR) is 115 cm³/mol. The van der Waals surface area contributed by atoms with Crippen molar-refractivity contribution in [3.63, 3.8) is 0 Å². The van der Waals surface area contributed by atoms with Gasteiger partial charge in [-0.25, -0.2) is 4.39 Å². The first-order valence-corrected chi connectivity index (χ1v) is 10.5. The van der Waals surface area contributed by atoms with E-state index in [4.69, 9.17) is 20.9 Å². The second kappa shape index (κ2) is 9.49. The van der Waals surface area contributed by atoms with Crippen LogP contribution in [0, 0.1) is 12.7 Å². The van der Waals surface area contributed by atoms with Gasteiger partial charge in [0, 0.05) is 37.7 Å². The molecular formula is C23H23ClFN3O3. The van der Waals surface area contributed by atoms with Gasteiger partial charge in [-0.15, -0.1) is 0 Å². The van der Waals surface area contributed by atoms with Crippen molar-refractivity contribution in [2.75, 3.05) is 26.2 Å². The van der Waals surface area contributed by atoms with E-state index in [1.165, 1.54) is 6.07 Å². The summed E-state index contributed by atoms with van der Waals surface area (Å²) >= 11 is 5.90. The van der Waals surface area contributed by atoms with Crippen LogP contribution in [-0.2, 0) is 13.2 Å². The number of benzene rings is 2. The molecule has 4 rings (SSSR count). The van der Waals surface area contributed by atoms with Crippen molar-refractivity contribution in [1.82, 2.24) is 15.0 Å². The third kappa shape index (κ3) is 5.24. The number of piperazine rings is 1. The largest absolute Gasteiger partial charge is 0.489 e. The molecule has 1 fully saturated rings. The summed E-state index contributed by atoms with van der Waals surface area (Å²) in [6.07, 6.45) is 0. The second-order valence-corrected chi connectivity index (χ2v) is 7.94. The lowest BCUT2D eigenvalue weighted by atomic mass is 10.1. The summed E-state index contributed by atoms with van der Waals surface area (Å²) in [7, 11) is 0. The molecule has 0 atom stereocenters. The molecule has 3 aromatic rings. The number of aryl methyl sites for hydroxylation is 1. The molecule has 0 radical (unpaired) electrons. The number of ether oxygens (including phenoxy) is 1. The number of aromatic nitrogens is 1. The van der Waals surface area contributed by atoms with Crippen LogP contribution in [-0.4, -0.2) is 47.0 Å². The molecule has 2 heterocycles. The molecule has 162 valence electrons. The maximum Gasteiger partial charge on any atom is 0.276 e. The SMILES string of the molecule is Cc1onc(C(=O)N2CCN(Cc3cccc(F)c3)CC2)c1COc1ccc(Cl)cc1. The fourth-order valence-electron chi connectivity index (χ4n) is 3.57. The number of hydrogen-bond acceptors (Lipinski definition) is 5. The molecule has 1 saturated heterocycles. The van der Waals surface area contributed by atoms with Crippen molar-refractivity contribution in [2.45, 2.75) is 20.1 Å². The van der Waals surface area contributed by atoms with Crippen molar-refractivity contribution in [2.24, 2.45) is 0 Å². The van der Waals surface area contributed by atoms with Crippen LogP contribution >= 0.6 is 11.6 Å². The smallest absolute Gasteiger partial charge is 0.276 e. The molecule has 8 heteroatoms. The van der Waals surface area contributed by atoms with E-state index in [1.54, 1.807) is 48.2 Å². The van der Waals surface area contributed by atoms with Crippen LogP contribution in [0.25, 0.3) is 0 Å². The third-order valence-corrected chi connectivity index (χ3v) is 5.59. The van der Waals surface area contributed by atoms with E-state index in [2.05, 4.69) is 10.1 Å². The molecule has 0 bridgehead atoms. The lowest BCUT2D eigenvalue weighted by Crippen LogP contribution is -2.48. The first-order valence-electron chi connectivity index (χ1n) is 10.1. The van der Waals surface area contributed by atoms with Gasteiger partial charge in [-0.1, -0.05) is 28.9 Å². The van der Waals surface area contributed by atoms with E-state index in [1.807, 2.05) is 6.07 Å². The maximum atomic E-state index is 13.4. The molecule has 1 aromatic heterocycles. The van der Waals surface area contributed by atoms with Crippen molar-refractivity contribution < 1.29 is 18.4 Å². The van der Waals surface area contributed by atoms with E-state index in [0.717, 1.165) is 5.56 Å². The Morgan fingerprint density at radius 3 is 2.61 bits per heavy atom. The number of nitrogens with zero attached hydrogens (tertiary/aromatic N) is 3. The second-order valence-electron chi connectivity index (χ2n) is 7.51. The van der Waals surface area contributed by atoms with E-state index in [0.29, 0.717) is 54.8 Å². The highest BCUT2D eigenvalue weighted by molar-refractivity contribution is 6.30. The molecular weight excluding hydrogens is 421 g/mol. The summed E-state index contributed by atoms with van der Waals surface area (Å²) in [5.74, 6) is 0.800. The lowest BCUT2D eigenvalue weighted by molar-refractivity contribution is 0.0616. The molecule has 1 aliphatic rings. The Morgan fingerprint density at radius 1 is 1.16 bits per heavy atom. The van der Waals surface area contributed by atoms with Crippen molar-refractivity contribution >= 4 is 17.5 Å². The molecule has 0 spiro atoms. The molecule has 0 aliphatic carbocycles. The minimum absolute atomic E-state index is 0.169. The summed E-state index contributed by atoms with van der Waals surface area (Å²) in [4.78, 5) is 17.0. The molecule has 0 unspecified atom stereocenters. The van der Waals surface area contributed by atoms with Gasteiger partial charge in [-0.2, -0.15) is 0 Å². The van der Waals surface area contributed by atoms with E-state index >= 15 is 0 Å². The molecule has 0 saturated carbocycles. The zero-order chi connectivity index (χ0) is 21.8. The topological polar surface area (TPSA) is 58.8 Å². The normalized spacial score (nSPS) is 14.6. The number of rotatable bonds is 6. The molecule has 1 amide bonds. The van der Waals surface area contributed by atoms with Crippen LogP contribution < -0.4 is 4.74 Å². The summed E-state index contributed by atoms with van der Waals surface area (Å²) in [5, 5.41) is 4.62. The Morgan fingerprint density at radius 2 is 1.90 bits per heavy atom. The van der Waals surface area contributed by atoms with Crippen LogP contribution in [0.4, 0.5) is 4.39 Å². The van der Waals surface area contributed by atoms with Crippen LogP contribution in [0.2, 0.25) is 5.02 Å². The van der Waals surface area contributed by atoms with E-state index in [-0.39, 0.29) is 24.0 Å². The van der Waals surface area contributed by atoms with Crippen LogP contribution in [0.3, 0.4) is 0 Å². The summed E-state index contributed by atoms with van der Waals surface area (Å²) in [6.45, 7) is 5.14. The standard InChI is InChI=1S/C23H23ClFN3O3/c1-16-21(15-30-20-7-5-18(24)6-8-20)22(26-31-16)23(29)28-11-9-27(10-12-28)14-17-3-2-4-19(25)13-17/h2-8,13H,9-12,14-15H2,1H3. The number of carbonyl (C=O) groups is 1. The fourth-order valence-corrected chi connectivity index (χ4v) is 3.69. The van der Waals surface area contributed by atoms with Gasteiger partial charge in [0.05, 0.1) is 5.56 Å². The van der Waals surface area contributed by atoms with Gasteiger partial charge in [0.15, 0.2) is 5.69 Å². The third-order valence-electron chi connectivity index (χ3n) is 5.34. The maximum absolute atomic E-state index is 13.4. The average Bonchev–Trinajstić information content (AvgIpc) is 3.14. The lowest BCUT2D eigenvalue weighted by Gasteiger charge is -2.34. The zero-order valence-corrected chi connectivity index (χ0v) is 17.9. The van der Waals surface area contributed by atoms with Gasteiger partial charge >= 0.3 is 0 Å². The molecule has 31 heavy (non-hydrogen) atoms. The van der Waals surface area contributed by atoms with Gasteiger partial charge in [0.1, 0.15) is 23.9 Å². The van der Waals surface area contributed by atoms with Gasteiger partial charge in [0.25, 0.3) is 5.91 Å². The van der Waals surface area contributed by atoms with Crippen LogP contribution in [0.1, 0.15) is 27.4 Å². The highest BCUT2D eigenvalue weighted by Crippen LogP contribution is 2.21. The number of amides is 1. The Hall–Kier alpha value is -2.90. The summed E-state index contributed by atoms with van der Waals surface area (Å²) in [6, 6.07) is 13.6. The number of halogens is 2. The highest BCUT2D eigenvalue weighted by Gasteiger charge is 2.28. The van der Waals surface area contributed by atoms with Crippen LogP contribution in [0.15, 0.2) is 53.1 Å². The minimum atomic E-state index is -0.235. The predicted octanol–water partition coefficient (Wildman–Crippen LogP) is 4.31. The summed E-state index contributed by atoms with van der Waals surface area (Å²) in [5.41, 5.74) is 1.85. The Balaban J connectivity index is 1.36. The number of carbonyl (C=O) groups excluding carboxylic acids is 1. The van der Waals surface area contributed by atoms with Gasteiger partial charge in [-0.05, 0) is 48.9 Å². The average molecular weight is 444 g/mol. The Labute approximate surface area is 185 Å². The van der Waals surface area contributed by atoms with Crippen LogP contribution in [0.5, 0.6) is 5.75 Å². The first-order chi connectivity index (χ1) is 15.0. The molecule has 1 aliphatic heterocycles. The van der Waals surface area contributed by atoms with Gasteiger partial charge in [0.2, 0.25) is 0 Å². The van der Waals surface area contributed by atoms with Gasteiger partial charge in [-0.3, -0.25) is 9.69 Å². The highest BCUT2D eigenvalue weighted by atomic mass is 35.5. The summed E-state index contributed by atoms with van der Waals surface area (Å²) < 4.78 is 24.5. The van der Waals surface area contributed by atoms with E-state index in [9.17, 15) is 9.18 Å². The van der Waals surface area contributed by atoms with Gasteiger partial charge < -0.3 is 14.2 Å². The first kappa shape index (κ1) is 21.3. The monoisotopic (exact) mass is 443 g/mol. The van der Waals surface area contributed by atoms with Crippen molar-refractivity contribution in [1.29, 1.82) is 0 Å². The van der Waals surface area contributed by atoms with E-state index < -0.39 is 0 Å². The zero-order valence-electron chi connectivity index (χ0n) is 17.2. The molecule has 0 N–H and O–H groups in total. The molecule has 6 nitrogen and oxygen atoms in total. The molecule has 2 aromatic carbocycles.